The quantitative estimate of drug-likeness (QED) is 0.567. The Balaban J connectivity index is 2.16. The lowest BCUT2D eigenvalue weighted by Gasteiger charge is -2.06. The van der Waals surface area contributed by atoms with Crippen LogP contribution in [-0.4, -0.2) is 33.6 Å². The van der Waals surface area contributed by atoms with Crippen molar-refractivity contribution in [3.63, 3.8) is 0 Å². The van der Waals surface area contributed by atoms with Crippen LogP contribution in [0, 0.1) is 0 Å². The molecule has 1 aromatic carbocycles. The van der Waals surface area contributed by atoms with Gasteiger partial charge < -0.3 is 9.84 Å². The Bertz CT molecular complexity index is 701. The van der Waals surface area contributed by atoms with Gasteiger partial charge in [-0.1, -0.05) is 0 Å². The first-order chi connectivity index (χ1) is 9.60. The van der Waals surface area contributed by atoms with E-state index in [-0.39, 0.29) is 17.3 Å². The summed E-state index contributed by atoms with van der Waals surface area (Å²) in [5.41, 5.74) is 2.82. The van der Waals surface area contributed by atoms with Crippen LogP contribution >= 0.6 is 15.9 Å². The van der Waals surface area contributed by atoms with E-state index < -0.39 is 0 Å². The van der Waals surface area contributed by atoms with Crippen LogP contribution in [0.15, 0.2) is 32.7 Å². The first-order valence-electron chi connectivity index (χ1n) is 5.37. The molecule has 1 aromatic heterocycles. The highest BCUT2D eigenvalue weighted by Gasteiger charge is 2.07. The minimum atomic E-state index is -0.383. The average molecular weight is 340 g/mol. The third-order valence-electron chi connectivity index (χ3n) is 2.23. The number of hydrogen-bond acceptors (Lipinski definition) is 7. The molecule has 9 heteroatoms. The minimum absolute atomic E-state index is 0.0101. The fraction of sp³-hybridized carbons (Fsp3) is 0.0909. The number of ether oxygens (including phenoxy) is 1. The van der Waals surface area contributed by atoms with Crippen LogP contribution in [0.1, 0.15) is 5.56 Å². The van der Waals surface area contributed by atoms with Gasteiger partial charge in [0, 0.05) is 0 Å². The predicted molar refractivity (Wildman–Crippen MR) is 76.2 cm³/mol. The smallest absolute Gasteiger partial charge is 0.271 e. The maximum atomic E-state index is 11.0. The van der Waals surface area contributed by atoms with E-state index in [1.807, 2.05) is 0 Å². The lowest BCUT2D eigenvalue weighted by molar-refractivity contribution is 0.372. The fourth-order valence-electron chi connectivity index (χ4n) is 1.36. The first-order valence-corrected chi connectivity index (χ1v) is 6.17. The number of benzene rings is 1. The SMILES string of the molecule is COc1cc(C=NNc2nncc(=O)[nH]2)cc(Br)c1O. The molecule has 20 heavy (non-hydrogen) atoms. The molecular weight excluding hydrogens is 330 g/mol. The average Bonchev–Trinajstić information content (AvgIpc) is 2.42. The zero-order valence-electron chi connectivity index (χ0n) is 10.3. The van der Waals surface area contributed by atoms with E-state index in [0.717, 1.165) is 6.20 Å². The summed E-state index contributed by atoms with van der Waals surface area (Å²) in [5.74, 6) is 0.447. The number of phenols is 1. The highest BCUT2D eigenvalue weighted by Crippen LogP contribution is 2.34. The summed E-state index contributed by atoms with van der Waals surface area (Å²) in [6.45, 7) is 0. The number of H-pyrrole nitrogens is 1. The maximum absolute atomic E-state index is 11.0. The molecule has 0 saturated heterocycles. The van der Waals surface area contributed by atoms with Gasteiger partial charge in [-0.3, -0.25) is 9.78 Å². The van der Waals surface area contributed by atoms with E-state index in [1.165, 1.54) is 13.3 Å². The van der Waals surface area contributed by atoms with Gasteiger partial charge in [0.15, 0.2) is 11.5 Å². The van der Waals surface area contributed by atoms with Crippen molar-refractivity contribution in [3.8, 4) is 11.5 Å². The Morgan fingerprint density at radius 3 is 3.05 bits per heavy atom. The number of hydrazone groups is 1. The van der Waals surface area contributed by atoms with Crippen molar-refractivity contribution in [2.24, 2.45) is 5.10 Å². The molecule has 2 rings (SSSR count). The van der Waals surface area contributed by atoms with Gasteiger partial charge >= 0.3 is 0 Å². The Morgan fingerprint density at radius 1 is 1.55 bits per heavy atom. The van der Waals surface area contributed by atoms with Gasteiger partial charge in [-0.2, -0.15) is 5.10 Å². The van der Waals surface area contributed by atoms with Crippen LogP contribution in [0.3, 0.4) is 0 Å². The van der Waals surface area contributed by atoms with Gasteiger partial charge in [-0.15, -0.1) is 10.2 Å². The lowest BCUT2D eigenvalue weighted by Crippen LogP contribution is -2.10. The summed E-state index contributed by atoms with van der Waals surface area (Å²) >= 11 is 3.20. The number of nitrogens with one attached hydrogen (secondary N) is 2. The summed E-state index contributed by atoms with van der Waals surface area (Å²) < 4.78 is 5.49. The zero-order valence-corrected chi connectivity index (χ0v) is 11.9. The number of rotatable bonds is 4. The number of methoxy groups -OCH3 is 1. The van der Waals surface area contributed by atoms with Crippen LogP contribution in [0.5, 0.6) is 11.5 Å². The van der Waals surface area contributed by atoms with Crippen LogP contribution in [0.4, 0.5) is 5.95 Å². The van der Waals surface area contributed by atoms with Gasteiger partial charge in [0.2, 0.25) is 5.95 Å². The number of halogens is 1. The van der Waals surface area contributed by atoms with E-state index in [4.69, 9.17) is 4.74 Å². The molecule has 0 spiro atoms. The Kier molecular flexibility index (Phi) is 4.31. The Labute approximate surface area is 121 Å². The first kappa shape index (κ1) is 14.0. The Hall–Kier alpha value is -2.42. The topological polar surface area (TPSA) is 112 Å². The summed E-state index contributed by atoms with van der Waals surface area (Å²) in [6, 6.07) is 3.26. The van der Waals surface area contributed by atoms with Gasteiger partial charge in [0.25, 0.3) is 5.56 Å². The van der Waals surface area contributed by atoms with Crippen molar-refractivity contribution in [2.75, 3.05) is 12.5 Å². The molecule has 0 saturated carbocycles. The zero-order chi connectivity index (χ0) is 14.5. The van der Waals surface area contributed by atoms with E-state index in [1.54, 1.807) is 12.1 Å². The molecule has 0 radical (unpaired) electrons. The van der Waals surface area contributed by atoms with E-state index >= 15 is 0 Å². The van der Waals surface area contributed by atoms with Crippen LogP contribution in [-0.2, 0) is 0 Å². The fourth-order valence-corrected chi connectivity index (χ4v) is 1.81. The molecule has 0 atom stereocenters. The normalized spacial score (nSPS) is 10.7. The molecule has 0 bridgehead atoms. The van der Waals surface area contributed by atoms with Gasteiger partial charge in [-0.05, 0) is 33.6 Å². The monoisotopic (exact) mass is 339 g/mol. The second kappa shape index (κ2) is 6.15. The second-order valence-electron chi connectivity index (χ2n) is 3.61. The lowest BCUT2D eigenvalue weighted by atomic mass is 10.2. The number of anilines is 1. The molecule has 3 N–H and O–H groups in total. The number of aromatic nitrogens is 3. The molecule has 8 nitrogen and oxygen atoms in total. The summed E-state index contributed by atoms with van der Waals surface area (Å²) in [7, 11) is 1.45. The minimum Gasteiger partial charge on any atom is -0.503 e. The van der Waals surface area contributed by atoms with Crippen molar-refractivity contribution in [2.45, 2.75) is 0 Å². The summed E-state index contributed by atoms with van der Waals surface area (Å²) in [4.78, 5) is 13.4. The number of nitrogens with zero attached hydrogens (tertiary/aromatic N) is 3. The Morgan fingerprint density at radius 2 is 2.35 bits per heavy atom. The van der Waals surface area contributed by atoms with Crippen molar-refractivity contribution < 1.29 is 9.84 Å². The van der Waals surface area contributed by atoms with E-state index in [0.29, 0.717) is 15.8 Å². The number of phenolic OH excluding ortho intramolecular Hbond substituents is 1. The van der Waals surface area contributed by atoms with Crippen molar-refractivity contribution in [3.05, 3.63) is 38.7 Å². The third kappa shape index (κ3) is 3.32. The van der Waals surface area contributed by atoms with Crippen LogP contribution in [0.2, 0.25) is 0 Å². The van der Waals surface area contributed by atoms with Crippen molar-refractivity contribution in [1.82, 2.24) is 15.2 Å². The van der Waals surface area contributed by atoms with Crippen LogP contribution in [0.25, 0.3) is 0 Å². The number of aromatic hydroxyl groups is 1. The molecule has 0 fully saturated rings. The molecule has 104 valence electrons. The van der Waals surface area contributed by atoms with Crippen LogP contribution < -0.4 is 15.7 Å². The number of aromatic amines is 1. The van der Waals surface area contributed by atoms with Gasteiger partial charge in [0.1, 0.15) is 6.20 Å². The van der Waals surface area contributed by atoms with E-state index in [9.17, 15) is 9.90 Å². The summed E-state index contributed by atoms with van der Waals surface area (Å²) in [6.07, 6.45) is 2.52. The maximum Gasteiger partial charge on any atom is 0.271 e. The van der Waals surface area contributed by atoms with Gasteiger partial charge in [0.05, 0.1) is 17.8 Å². The number of hydrogen-bond donors (Lipinski definition) is 3. The third-order valence-corrected chi connectivity index (χ3v) is 2.83. The van der Waals surface area contributed by atoms with Gasteiger partial charge in [-0.25, -0.2) is 5.43 Å². The molecule has 1 heterocycles. The second-order valence-corrected chi connectivity index (χ2v) is 4.46. The molecule has 0 amide bonds. The molecular formula is C11H10BrN5O3. The molecule has 0 aliphatic rings. The standard InChI is InChI=1S/C11H10BrN5O3/c1-20-8-3-6(2-7(12)10(8)19)4-13-16-11-15-9(18)5-14-17-11/h2-5,19H,1H3,(H2,15,16,17,18). The molecule has 2 aromatic rings. The highest BCUT2D eigenvalue weighted by molar-refractivity contribution is 9.10. The van der Waals surface area contributed by atoms with Crippen molar-refractivity contribution >= 4 is 28.1 Å². The molecule has 0 aliphatic carbocycles. The highest BCUT2D eigenvalue weighted by atomic mass is 79.9. The molecule has 0 unspecified atom stereocenters. The predicted octanol–water partition coefficient (Wildman–Crippen LogP) is 1.09. The summed E-state index contributed by atoms with van der Waals surface area (Å²) in [5, 5.41) is 20.7. The largest absolute Gasteiger partial charge is 0.503 e. The van der Waals surface area contributed by atoms with Crippen molar-refractivity contribution in [1.29, 1.82) is 0 Å². The van der Waals surface area contributed by atoms with E-state index in [2.05, 4.69) is 41.6 Å². The molecule has 0 aliphatic heterocycles.